The Morgan fingerprint density at radius 3 is 2.75 bits per heavy atom. The lowest BCUT2D eigenvalue weighted by molar-refractivity contribution is 0.253. The van der Waals surface area contributed by atoms with E-state index in [1.165, 1.54) is 5.56 Å². The summed E-state index contributed by atoms with van der Waals surface area (Å²) in [5.41, 5.74) is 1.20. The maximum atomic E-state index is 9.14. The van der Waals surface area contributed by atoms with Gasteiger partial charge < -0.3 is 20.5 Å². The molecule has 0 radical (unpaired) electrons. The second-order valence-electron chi connectivity index (χ2n) is 5.98. The lowest BCUT2D eigenvalue weighted by atomic mass is 10.0. The number of ether oxygens (including phenoxy) is 1. The van der Waals surface area contributed by atoms with Crippen LogP contribution in [-0.4, -0.2) is 43.9 Å². The first kappa shape index (κ1) is 20.3. The molecule has 0 aliphatic heterocycles. The van der Waals surface area contributed by atoms with Gasteiger partial charge in [-0.2, -0.15) is 0 Å². The molecular weight excluding hydrogens is 302 g/mol. The maximum Gasteiger partial charge on any atom is 0.191 e. The van der Waals surface area contributed by atoms with Crippen LogP contribution < -0.4 is 15.4 Å². The molecule has 0 heterocycles. The first-order chi connectivity index (χ1) is 11.7. The van der Waals surface area contributed by atoms with E-state index in [-0.39, 0.29) is 6.61 Å². The third-order valence-electron chi connectivity index (χ3n) is 3.74. The Labute approximate surface area is 146 Å². The van der Waals surface area contributed by atoms with Gasteiger partial charge in [-0.1, -0.05) is 25.5 Å². The molecule has 0 fully saturated rings. The van der Waals surface area contributed by atoms with E-state index in [9.17, 15) is 0 Å². The molecule has 1 unspecified atom stereocenters. The molecule has 0 amide bonds. The third-order valence-corrected chi connectivity index (χ3v) is 3.74. The standard InChI is InChI=1S/C19H33N3O2/c1-4-7-17(10-12-23)15-22-19(20-5-2)21-11-13-24-18-9-6-8-16(3)14-18/h6,8-9,14,17,23H,4-5,7,10-13,15H2,1-3H3,(H2,20,21,22). The summed E-state index contributed by atoms with van der Waals surface area (Å²) in [5.74, 6) is 2.15. The molecule has 0 spiro atoms. The van der Waals surface area contributed by atoms with Crippen LogP contribution >= 0.6 is 0 Å². The third kappa shape index (κ3) is 8.77. The number of aliphatic imine (C=N–C) groups is 1. The number of benzene rings is 1. The number of hydrogen-bond acceptors (Lipinski definition) is 3. The summed E-state index contributed by atoms with van der Waals surface area (Å²) in [6, 6.07) is 8.05. The van der Waals surface area contributed by atoms with Crippen molar-refractivity contribution in [2.75, 3.05) is 32.8 Å². The largest absolute Gasteiger partial charge is 0.492 e. The number of aryl methyl sites for hydroxylation is 1. The quantitative estimate of drug-likeness (QED) is 0.330. The smallest absolute Gasteiger partial charge is 0.191 e. The van der Waals surface area contributed by atoms with Crippen LogP contribution in [-0.2, 0) is 0 Å². The Bertz CT molecular complexity index is 471. The van der Waals surface area contributed by atoms with E-state index in [0.29, 0.717) is 19.1 Å². The van der Waals surface area contributed by atoms with Crippen molar-refractivity contribution >= 4 is 5.96 Å². The molecule has 0 saturated carbocycles. The topological polar surface area (TPSA) is 65.9 Å². The van der Waals surface area contributed by atoms with Crippen molar-refractivity contribution in [1.29, 1.82) is 0 Å². The number of guanidine groups is 1. The van der Waals surface area contributed by atoms with Crippen LogP contribution in [0.3, 0.4) is 0 Å². The van der Waals surface area contributed by atoms with E-state index in [1.54, 1.807) is 0 Å². The van der Waals surface area contributed by atoms with Crippen molar-refractivity contribution in [3.8, 4) is 5.75 Å². The SMILES string of the molecule is CCCC(CCO)CN=C(NCC)NCCOc1cccc(C)c1. The van der Waals surface area contributed by atoms with Gasteiger partial charge in [-0.05, 0) is 50.3 Å². The van der Waals surface area contributed by atoms with E-state index < -0.39 is 0 Å². The number of aliphatic hydroxyl groups is 1. The van der Waals surface area contributed by atoms with E-state index in [1.807, 2.05) is 18.2 Å². The summed E-state index contributed by atoms with van der Waals surface area (Å²) < 4.78 is 5.74. The molecule has 1 rings (SSSR count). The molecule has 24 heavy (non-hydrogen) atoms. The van der Waals surface area contributed by atoms with E-state index >= 15 is 0 Å². The monoisotopic (exact) mass is 335 g/mol. The Hall–Kier alpha value is -1.75. The predicted molar refractivity (Wildman–Crippen MR) is 101 cm³/mol. The zero-order valence-corrected chi connectivity index (χ0v) is 15.3. The Morgan fingerprint density at radius 2 is 2.08 bits per heavy atom. The number of nitrogens with zero attached hydrogens (tertiary/aromatic N) is 1. The first-order valence-electron chi connectivity index (χ1n) is 9.02. The minimum absolute atomic E-state index is 0.231. The summed E-state index contributed by atoms with van der Waals surface area (Å²) >= 11 is 0. The van der Waals surface area contributed by atoms with Crippen LogP contribution in [0.1, 0.15) is 38.7 Å². The molecular formula is C19H33N3O2. The fraction of sp³-hybridized carbons (Fsp3) is 0.632. The van der Waals surface area contributed by atoms with Crippen molar-refractivity contribution in [2.24, 2.45) is 10.9 Å². The fourth-order valence-electron chi connectivity index (χ4n) is 2.52. The zero-order chi connectivity index (χ0) is 17.6. The van der Waals surface area contributed by atoms with Crippen molar-refractivity contribution in [3.05, 3.63) is 29.8 Å². The van der Waals surface area contributed by atoms with Crippen LogP contribution in [0.2, 0.25) is 0 Å². The van der Waals surface area contributed by atoms with Crippen molar-refractivity contribution in [2.45, 2.75) is 40.0 Å². The number of rotatable bonds is 11. The highest BCUT2D eigenvalue weighted by Crippen LogP contribution is 2.12. The second kappa shape index (κ2) is 12.6. The summed E-state index contributed by atoms with van der Waals surface area (Å²) in [7, 11) is 0. The van der Waals surface area contributed by atoms with Gasteiger partial charge in [0.05, 0.1) is 6.54 Å². The van der Waals surface area contributed by atoms with Crippen molar-refractivity contribution < 1.29 is 9.84 Å². The van der Waals surface area contributed by atoms with Gasteiger partial charge in [0.25, 0.3) is 0 Å². The van der Waals surface area contributed by atoms with Crippen LogP contribution in [0.15, 0.2) is 29.3 Å². The van der Waals surface area contributed by atoms with Gasteiger partial charge in [0.15, 0.2) is 5.96 Å². The molecule has 136 valence electrons. The molecule has 5 nitrogen and oxygen atoms in total. The second-order valence-corrected chi connectivity index (χ2v) is 5.98. The van der Waals surface area contributed by atoms with Gasteiger partial charge in [0, 0.05) is 19.7 Å². The first-order valence-corrected chi connectivity index (χ1v) is 9.02. The van der Waals surface area contributed by atoms with Crippen molar-refractivity contribution in [3.63, 3.8) is 0 Å². The molecule has 1 aromatic carbocycles. The van der Waals surface area contributed by atoms with E-state index in [0.717, 1.165) is 44.1 Å². The lowest BCUT2D eigenvalue weighted by Crippen LogP contribution is -2.39. The molecule has 1 aromatic rings. The van der Waals surface area contributed by atoms with E-state index in [2.05, 4.69) is 42.5 Å². The van der Waals surface area contributed by atoms with Gasteiger partial charge in [-0.3, -0.25) is 4.99 Å². The molecule has 5 heteroatoms. The Morgan fingerprint density at radius 1 is 1.25 bits per heavy atom. The van der Waals surface area contributed by atoms with Crippen LogP contribution in [0.5, 0.6) is 5.75 Å². The van der Waals surface area contributed by atoms with Gasteiger partial charge in [-0.15, -0.1) is 0 Å². The van der Waals surface area contributed by atoms with Gasteiger partial charge in [0.2, 0.25) is 0 Å². The Balaban J connectivity index is 2.39. The van der Waals surface area contributed by atoms with Crippen LogP contribution in [0.4, 0.5) is 0 Å². The van der Waals surface area contributed by atoms with Crippen LogP contribution in [0, 0.1) is 12.8 Å². The average Bonchev–Trinajstić information content (AvgIpc) is 2.56. The lowest BCUT2D eigenvalue weighted by Gasteiger charge is -2.15. The molecule has 0 saturated heterocycles. The number of hydrogen-bond donors (Lipinski definition) is 3. The van der Waals surface area contributed by atoms with E-state index in [4.69, 9.17) is 9.84 Å². The van der Waals surface area contributed by atoms with Crippen LogP contribution in [0.25, 0.3) is 0 Å². The molecule has 3 N–H and O–H groups in total. The summed E-state index contributed by atoms with van der Waals surface area (Å²) in [6.45, 7) is 9.35. The molecule has 0 aliphatic carbocycles. The summed E-state index contributed by atoms with van der Waals surface area (Å²) in [4.78, 5) is 4.64. The van der Waals surface area contributed by atoms with Crippen molar-refractivity contribution in [1.82, 2.24) is 10.6 Å². The average molecular weight is 335 g/mol. The molecule has 1 atom stereocenters. The summed E-state index contributed by atoms with van der Waals surface area (Å²) in [5, 5.41) is 15.7. The highest BCUT2D eigenvalue weighted by Gasteiger charge is 2.07. The molecule has 0 aromatic heterocycles. The zero-order valence-electron chi connectivity index (χ0n) is 15.3. The number of nitrogens with one attached hydrogen (secondary N) is 2. The van der Waals surface area contributed by atoms with Gasteiger partial charge >= 0.3 is 0 Å². The maximum absolute atomic E-state index is 9.14. The minimum Gasteiger partial charge on any atom is -0.492 e. The molecule has 0 aliphatic rings. The number of aliphatic hydroxyl groups excluding tert-OH is 1. The minimum atomic E-state index is 0.231. The van der Waals surface area contributed by atoms with Gasteiger partial charge in [0.1, 0.15) is 12.4 Å². The normalized spacial score (nSPS) is 12.8. The van der Waals surface area contributed by atoms with Gasteiger partial charge in [-0.25, -0.2) is 0 Å². The highest BCUT2D eigenvalue weighted by molar-refractivity contribution is 5.79. The predicted octanol–water partition coefficient (Wildman–Crippen LogP) is 2.73. The summed E-state index contributed by atoms with van der Waals surface area (Å²) in [6.07, 6.45) is 3.03. The Kier molecular flexibility index (Phi) is 10.7. The molecule has 0 bridgehead atoms. The highest BCUT2D eigenvalue weighted by atomic mass is 16.5. The fourth-order valence-corrected chi connectivity index (χ4v) is 2.52.